The van der Waals surface area contributed by atoms with Gasteiger partial charge in [0.05, 0.1) is 10.5 Å². The highest BCUT2D eigenvalue weighted by Gasteiger charge is 2.34. The van der Waals surface area contributed by atoms with Crippen LogP contribution in [0.1, 0.15) is 15.9 Å². The van der Waals surface area contributed by atoms with Crippen LogP contribution in [0.25, 0.3) is 6.08 Å². The fourth-order valence-electron chi connectivity index (χ4n) is 2.29. The highest BCUT2D eigenvalue weighted by molar-refractivity contribution is 8.18. The molecule has 0 bridgehead atoms. The molecule has 8 heteroatoms. The first kappa shape index (κ1) is 18.2. The van der Waals surface area contributed by atoms with E-state index in [1.807, 2.05) is 30.3 Å². The first-order chi connectivity index (χ1) is 12.5. The summed E-state index contributed by atoms with van der Waals surface area (Å²) in [5.74, 6) is -0.702. The number of amides is 3. The smallest absolute Gasteiger partial charge is 0.293 e. The number of halogens is 1. The molecule has 1 aliphatic heterocycles. The lowest BCUT2D eigenvalue weighted by atomic mass is 10.2. The first-order valence-corrected chi connectivity index (χ1v) is 8.94. The van der Waals surface area contributed by atoms with Crippen molar-refractivity contribution in [3.63, 3.8) is 0 Å². The molecule has 1 aromatic heterocycles. The number of hydrogen-bond acceptors (Lipinski definition) is 5. The van der Waals surface area contributed by atoms with Gasteiger partial charge >= 0.3 is 0 Å². The second kappa shape index (κ2) is 8.16. The van der Waals surface area contributed by atoms with Gasteiger partial charge in [0.2, 0.25) is 0 Å². The lowest BCUT2D eigenvalue weighted by molar-refractivity contribution is -0.122. The Hall–Kier alpha value is -2.64. The molecule has 0 spiro atoms. The molecule has 132 valence electrons. The standard InChI is InChI=1S/C18H14ClN3O3S/c19-15-7-6-13(11-21-15)16(23)20-8-9-22-17(24)14(26-18(22)25)10-12-4-2-1-3-5-12/h1-7,10-11H,8-9H2,(H,20,23). The summed E-state index contributed by atoms with van der Waals surface area (Å²) < 4.78 is 0. The minimum atomic E-state index is -0.355. The Kier molecular flexibility index (Phi) is 5.70. The Balaban J connectivity index is 1.57. The van der Waals surface area contributed by atoms with Gasteiger partial charge in [0.1, 0.15) is 5.15 Å². The van der Waals surface area contributed by atoms with E-state index in [2.05, 4.69) is 10.3 Å². The predicted octanol–water partition coefficient (Wildman–Crippen LogP) is 3.20. The molecule has 3 rings (SSSR count). The average Bonchev–Trinajstić information content (AvgIpc) is 2.90. The zero-order chi connectivity index (χ0) is 18.5. The number of thioether (sulfide) groups is 1. The normalized spacial score (nSPS) is 15.6. The summed E-state index contributed by atoms with van der Waals surface area (Å²) in [6.45, 7) is 0.252. The van der Waals surface area contributed by atoms with E-state index < -0.39 is 0 Å². The van der Waals surface area contributed by atoms with Gasteiger partial charge in [-0.1, -0.05) is 41.9 Å². The maximum absolute atomic E-state index is 12.4. The van der Waals surface area contributed by atoms with E-state index in [9.17, 15) is 14.4 Å². The van der Waals surface area contributed by atoms with Crippen molar-refractivity contribution in [2.45, 2.75) is 0 Å². The molecule has 0 unspecified atom stereocenters. The van der Waals surface area contributed by atoms with Gasteiger partial charge in [-0.25, -0.2) is 4.98 Å². The van der Waals surface area contributed by atoms with Crippen LogP contribution in [0.3, 0.4) is 0 Å². The molecule has 6 nitrogen and oxygen atoms in total. The van der Waals surface area contributed by atoms with Crippen LogP contribution in [0.4, 0.5) is 4.79 Å². The molecular formula is C18H14ClN3O3S. The summed E-state index contributed by atoms with van der Waals surface area (Å²) in [5.41, 5.74) is 1.20. The number of nitrogens with zero attached hydrogens (tertiary/aromatic N) is 2. The molecule has 3 amide bonds. The lowest BCUT2D eigenvalue weighted by Gasteiger charge is -2.12. The molecule has 0 aliphatic carbocycles. The van der Waals surface area contributed by atoms with Crippen LogP contribution in [0.15, 0.2) is 53.6 Å². The van der Waals surface area contributed by atoms with Crippen molar-refractivity contribution in [1.29, 1.82) is 0 Å². The lowest BCUT2D eigenvalue weighted by Crippen LogP contribution is -2.37. The van der Waals surface area contributed by atoms with Crippen molar-refractivity contribution in [3.05, 3.63) is 69.8 Å². The molecule has 1 aliphatic rings. The van der Waals surface area contributed by atoms with Gasteiger partial charge < -0.3 is 5.32 Å². The number of pyridine rings is 1. The van der Waals surface area contributed by atoms with Gasteiger partial charge in [-0.3, -0.25) is 19.3 Å². The first-order valence-electron chi connectivity index (χ1n) is 7.75. The number of carbonyl (C=O) groups is 3. The Morgan fingerprint density at radius 1 is 1.19 bits per heavy atom. The van der Waals surface area contributed by atoms with Crippen LogP contribution >= 0.6 is 23.4 Å². The van der Waals surface area contributed by atoms with E-state index in [1.165, 1.54) is 12.3 Å². The highest BCUT2D eigenvalue weighted by Crippen LogP contribution is 2.31. The highest BCUT2D eigenvalue weighted by atomic mass is 35.5. The van der Waals surface area contributed by atoms with Gasteiger partial charge in [0, 0.05) is 19.3 Å². The van der Waals surface area contributed by atoms with Crippen LogP contribution in [-0.2, 0) is 4.79 Å². The summed E-state index contributed by atoms with van der Waals surface area (Å²) in [4.78, 5) is 41.8. The summed E-state index contributed by atoms with van der Waals surface area (Å²) in [5, 5.41) is 2.60. The molecule has 2 heterocycles. The zero-order valence-corrected chi connectivity index (χ0v) is 15.1. The minimum Gasteiger partial charge on any atom is -0.350 e. The van der Waals surface area contributed by atoms with Gasteiger partial charge in [-0.2, -0.15) is 0 Å². The maximum atomic E-state index is 12.4. The zero-order valence-electron chi connectivity index (χ0n) is 13.5. The molecule has 0 saturated carbocycles. The second-order valence-corrected chi connectivity index (χ2v) is 6.75. The molecule has 0 radical (unpaired) electrons. The number of nitrogens with one attached hydrogen (secondary N) is 1. The van der Waals surface area contributed by atoms with Gasteiger partial charge in [-0.15, -0.1) is 0 Å². The monoisotopic (exact) mass is 387 g/mol. The SMILES string of the molecule is O=C(NCCN1C(=O)SC(=Cc2ccccc2)C1=O)c1ccc(Cl)nc1. The van der Waals surface area contributed by atoms with Crippen LogP contribution in [0.5, 0.6) is 0 Å². The Labute approximate surface area is 159 Å². The third-order valence-corrected chi connectivity index (χ3v) is 4.71. The number of carbonyl (C=O) groups excluding carboxylic acids is 3. The third kappa shape index (κ3) is 4.30. The van der Waals surface area contributed by atoms with Crippen LogP contribution in [-0.4, -0.2) is 40.0 Å². The van der Waals surface area contributed by atoms with E-state index in [0.717, 1.165) is 22.2 Å². The average molecular weight is 388 g/mol. The van der Waals surface area contributed by atoms with Gasteiger partial charge in [-0.05, 0) is 35.5 Å². The fraction of sp³-hybridized carbons (Fsp3) is 0.111. The molecule has 2 aromatic rings. The van der Waals surface area contributed by atoms with E-state index in [0.29, 0.717) is 15.6 Å². The molecule has 1 N–H and O–H groups in total. The van der Waals surface area contributed by atoms with Crippen molar-refractivity contribution in [2.24, 2.45) is 0 Å². The molecule has 1 fully saturated rings. The Bertz CT molecular complexity index is 869. The van der Waals surface area contributed by atoms with E-state index >= 15 is 0 Å². The van der Waals surface area contributed by atoms with E-state index in [4.69, 9.17) is 11.6 Å². The van der Waals surface area contributed by atoms with Crippen molar-refractivity contribution < 1.29 is 14.4 Å². The summed E-state index contributed by atoms with van der Waals surface area (Å²) in [6.07, 6.45) is 3.04. The van der Waals surface area contributed by atoms with E-state index in [1.54, 1.807) is 12.1 Å². The van der Waals surface area contributed by atoms with Crippen molar-refractivity contribution in [1.82, 2.24) is 15.2 Å². The van der Waals surface area contributed by atoms with E-state index in [-0.39, 0.29) is 30.1 Å². The van der Waals surface area contributed by atoms with Crippen molar-refractivity contribution in [3.8, 4) is 0 Å². The molecule has 1 aromatic carbocycles. The van der Waals surface area contributed by atoms with Gasteiger partial charge in [0.25, 0.3) is 17.1 Å². The second-order valence-electron chi connectivity index (χ2n) is 5.37. The number of rotatable bonds is 5. The van der Waals surface area contributed by atoms with Gasteiger partial charge in [0.15, 0.2) is 0 Å². The Morgan fingerprint density at radius 2 is 1.96 bits per heavy atom. The van der Waals surface area contributed by atoms with Crippen molar-refractivity contribution >= 4 is 46.5 Å². The third-order valence-electron chi connectivity index (χ3n) is 3.58. The number of hydrogen-bond donors (Lipinski definition) is 1. The number of imide groups is 1. The summed E-state index contributed by atoms with van der Waals surface area (Å²) >= 11 is 6.57. The van der Waals surface area contributed by atoms with Crippen LogP contribution in [0.2, 0.25) is 5.15 Å². The van der Waals surface area contributed by atoms with Crippen LogP contribution < -0.4 is 5.32 Å². The maximum Gasteiger partial charge on any atom is 0.293 e. The van der Waals surface area contributed by atoms with Crippen LogP contribution in [0, 0.1) is 0 Å². The predicted molar refractivity (Wildman–Crippen MR) is 101 cm³/mol. The van der Waals surface area contributed by atoms with Crippen molar-refractivity contribution in [2.75, 3.05) is 13.1 Å². The summed E-state index contributed by atoms with van der Waals surface area (Å²) in [6, 6.07) is 12.4. The quantitative estimate of drug-likeness (QED) is 0.629. The number of benzene rings is 1. The number of aromatic nitrogens is 1. The molecule has 1 saturated heterocycles. The summed E-state index contributed by atoms with van der Waals surface area (Å²) in [7, 11) is 0. The topological polar surface area (TPSA) is 79.4 Å². The molecular weight excluding hydrogens is 374 g/mol. The minimum absolute atomic E-state index is 0.101. The fourth-order valence-corrected chi connectivity index (χ4v) is 3.26. The molecule has 0 atom stereocenters. The molecule has 26 heavy (non-hydrogen) atoms. The Morgan fingerprint density at radius 3 is 2.65 bits per heavy atom. The largest absolute Gasteiger partial charge is 0.350 e.